The van der Waals surface area contributed by atoms with Gasteiger partial charge in [-0.05, 0) is 37.8 Å². The number of ether oxygens (including phenoxy) is 1. The molecule has 3 rings (SSSR count). The van der Waals surface area contributed by atoms with Crippen LogP contribution in [0.1, 0.15) is 37.7 Å². The molecule has 1 aromatic rings. The Balaban J connectivity index is 1.94. The van der Waals surface area contributed by atoms with Crippen molar-refractivity contribution in [3.63, 3.8) is 0 Å². The Hall–Kier alpha value is -1.18. The van der Waals surface area contributed by atoms with E-state index in [-0.39, 0.29) is 5.60 Å². The molecule has 15 heavy (non-hydrogen) atoms. The molecule has 2 heteroatoms. The fraction of sp³-hybridized carbons (Fsp3) is 0.538. The van der Waals surface area contributed by atoms with Crippen LogP contribution in [0.3, 0.4) is 0 Å². The fourth-order valence-corrected chi connectivity index (χ4v) is 2.93. The second-order valence-electron chi connectivity index (χ2n) is 4.85. The minimum Gasteiger partial charge on any atom is -0.487 e. The molecule has 2 nitrogen and oxygen atoms in total. The van der Waals surface area contributed by atoms with Gasteiger partial charge in [-0.3, -0.25) is 0 Å². The molecular weight excluding hydrogens is 186 g/mol. The van der Waals surface area contributed by atoms with Gasteiger partial charge in [0, 0.05) is 17.7 Å². The van der Waals surface area contributed by atoms with Crippen LogP contribution in [0, 0.1) is 0 Å². The normalized spacial score (nSPS) is 22.4. The first-order chi connectivity index (χ1) is 7.29. The molecule has 0 bridgehead atoms. The summed E-state index contributed by atoms with van der Waals surface area (Å²) >= 11 is 0. The lowest BCUT2D eigenvalue weighted by Gasteiger charge is -2.32. The molecule has 1 spiro atoms. The first-order valence-electron chi connectivity index (χ1n) is 5.86. The van der Waals surface area contributed by atoms with Crippen LogP contribution in [0.4, 0.5) is 5.69 Å². The molecule has 1 fully saturated rings. The Morgan fingerprint density at radius 3 is 2.67 bits per heavy atom. The van der Waals surface area contributed by atoms with E-state index < -0.39 is 0 Å². The Labute approximate surface area is 90.4 Å². The molecule has 0 radical (unpaired) electrons. The molecule has 0 saturated heterocycles. The van der Waals surface area contributed by atoms with E-state index in [0.717, 1.165) is 17.9 Å². The Morgan fingerprint density at radius 2 is 1.93 bits per heavy atom. The number of fused-ring (bicyclic) bond motifs is 1. The summed E-state index contributed by atoms with van der Waals surface area (Å²) < 4.78 is 6.14. The summed E-state index contributed by atoms with van der Waals surface area (Å²) in [5.74, 6) is 1.02. The van der Waals surface area contributed by atoms with E-state index in [1.165, 1.54) is 37.7 Å². The predicted molar refractivity (Wildman–Crippen MR) is 61.0 cm³/mol. The van der Waals surface area contributed by atoms with E-state index in [2.05, 4.69) is 6.07 Å². The Morgan fingerprint density at radius 1 is 1.13 bits per heavy atom. The van der Waals surface area contributed by atoms with Gasteiger partial charge in [-0.2, -0.15) is 0 Å². The highest BCUT2D eigenvalue weighted by Gasteiger charge is 2.40. The van der Waals surface area contributed by atoms with Crippen molar-refractivity contribution in [1.82, 2.24) is 0 Å². The minimum absolute atomic E-state index is 0.0933. The number of anilines is 1. The van der Waals surface area contributed by atoms with Gasteiger partial charge in [-0.25, -0.2) is 0 Å². The molecule has 2 aliphatic rings. The van der Waals surface area contributed by atoms with Crippen molar-refractivity contribution < 1.29 is 4.74 Å². The number of rotatable bonds is 0. The highest BCUT2D eigenvalue weighted by molar-refractivity contribution is 5.57. The second kappa shape index (κ2) is 3.16. The molecule has 1 saturated carbocycles. The molecule has 2 N–H and O–H groups in total. The van der Waals surface area contributed by atoms with Gasteiger partial charge in [0.15, 0.2) is 0 Å². The third-order valence-corrected chi connectivity index (χ3v) is 3.76. The largest absolute Gasteiger partial charge is 0.487 e. The first kappa shape index (κ1) is 9.08. The van der Waals surface area contributed by atoms with Gasteiger partial charge < -0.3 is 10.5 Å². The molecule has 1 aliphatic heterocycles. The predicted octanol–water partition coefficient (Wildman–Crippen LogP) is 2.91. The average molecular weight is 203 g/mol. The first-order valence-corrected chi connectivity index (χ1v) is 5.86. The SMILES string of the molecule is Nc1cccc2c1CC1(CCCCC1)O2. The molecule has 1 heterocycles. The van der Waals surface area contributed by atoms with Crippen molar-refractivity contribution in [2.45, 2.75) is 44.1 Å². The summed E-state index contributed by atoms with van der Waals surface area (Å²) in [5.41, 5.74) is 8.21. The van der Waals surface area contributed by atoms with E-state index in [9.17, 15) is 0 Å². The zero-order valence-electron chi connectivity index (χ0n) is 8.96. The average Bonchev–Trinajstić information content (AvgIpc) is 2.59. The third-order valence-electron chi connectivity index (χ3n) is 3.76. The van der Waals surface area contributed by atoms with Crippen LogP contribution < -0.4 is 10.5 Å². The van der Waals surface area contributed by atoms with Crippen LogP contribution in [0.5, 0.6) is 5.75 Å². The van der Waals surface area contributed by atoms with E-state index in [4.69, 9.17) is 10.5 Å². The Bertz CT molecular complexity index is 380. The molecule has 1 aliphatic carbocycles. The Kier molecular flexibility index (Phi) is 1.91. The monoisotopic (exact) mass is 203 g/mol. The molecule has 0 aromatic heterocycles. The number of hydrogen-bond acceptors (Lipinski definition) is 2. The maximum Gasteiger partial charge on any atom is 0.125 e. The smallest absolute Gasteiger partial charge is 0.125 e. The highest BCUT2D eigenvalue weighted by Crippen LogP contribution is 2.45. The summed E-state index contributed by atoms with van der Waals surface area (Å²) in [6.07, 6.45) is 7.37. The van der Waals surface area contributed by atoms with Crippen molar-refractivity contribution in [1.29, 1.82) is 0 Å². The quantitative estimate of drug-likeness (QED) is 0.658. The molecule has 0 unspecified atom stereocenters. The van der Waals surface area contributed by atoms with Gasteiger partial charge in [-0.1, -0.05) is 12.5 Å². The summed E-state index contributed by atoms with van der Waals surface area (Å²) in [5, 5.41) is 0. The number of nitrogen functional groups attached to an aromatic ring is 1. The van der Waals surface area contributed by atoms with Gasteiger partial charge >= 0.3 is 0 Å². The van der Waals surface area contributed by atoms with Crippen molar-refractivity contribution in [2.24, 2.45) is 0 Å². The highest BCUT2D eigenvalue weighted by atomic mass is 16.5. The number of nitrogens with two attached hydrogens (primary N) is 1. The van der Waals surface area contributed by atoms with Crippen molar-refractivity contribution in [3.8, 4) is 5.75 Å². The van der Waals surface area contributed by atoms with Crippen LogP contribution in [-0.2, 0) is 6.42 Å². The number of benzene rings is 1. The van der Waals surface area contributed by atoms with E-state index in [0.29, 0.717) is 0 Å². The van der Waals surface area contributed by atoms with E-state index in [1.807, 2.05) is 12.1 Å². The topological polar surface area (TPSA) is 35.2 Å². The fourth-order valence-electron chi connectivity index (χ4n) is 2.93. The molecule has 0 amide bonds. The standard InChI is InChI=1S/C13H17NO/c14-11-5-4-6-12-10(11)9-13(15-12)7-2-1-3-8-13/h4-6H,1-3,7-9,14H2. The van der Waals surface area contributed by atoms with E-state index >= 15 is 0 Å². The summed E-state index contributed by atoms with van der Waals surface area (Å²) in [6, 6.07) is 6.01. The van der Waals surface area contributed by atoms with Crippen molar-refractivity contribution in [3.05, 3.63) is 23.8 Å². The second-order valence-corrected chi connectivity index (χ2v) is 4.85. The van der Waals surface area contributed by atoms with Crippen molar-refractivity contribution >= 4 is 5.69 Å². The zero-order valence-corrected chi connectivity index (χ0v) is 8.96. The lowest BCUT2D eigenvalue weighted by molar-refractivity contribution is 0.0529. The van der Waals surface area contributed by atoms with Crippen LogP contribution in [-0.4, -0.2) is 5.60 Å². The maximum absolute atomic E-state index is 6.14. The van der Waals surface area contributed by atoms with Gasteiger partial charge in [0.25, 0.3) is 0 Å². The van der Waals surface area contributed by atoms with Crippen LogP contribution >= 0.6 is 0 Å². The lowest BCUT2D eigenvalue weighted by atomic mass is 9.82. The van der Waals surface area contributed by atoms with Crippen LogP contribution in [0.2, 0.25) is 0 Å². The van der Waals surface area contributed by atoms with Gasteiger partial charge in [0.1, 0.15) is 11.4 Å². The lowest BCUT2D eigenvalue weighted by Crippen LogP contribution is -2.36. The van der Waals surface area contributed by atoms with Crippen LogP contribution in [0.25, 0.3) is 0 Å². The zero-order chi connectivity index (χ0) is 10.3. The maximum atomic E-state index is 6.14. The van der Waals surface area contributed by atoms with Crippen LogP contribution in [0.15, 0.2) is 18.2 Å². The third kappa shape index (κ3) is 1.39. The van der Waals surface area contributed by atoms with E-state index in [1.54, 1.807) is 0 Å². The van der Waals surface area contributed by atoms with Gasteiger partial charge in [0.2, 0.25) is 0 Å². The van der Waals surface area contributed by atoms with Gasteiger partial charge in [0.05, 0.1) is 0 Å². The van der Waals surface area contributed by atoms with Gasteiger partial charge in [-0.15, -0.1) is 0 Å². The number of hydrogen-bond donors (Lipinski definition) is 1. The molecule has 1 aromatic carbocycles. The minimum atomic E-state index is 0.0933. The molecule has 80 valence electrons. The van der Waals surface area contributed by atoms with Crippen molar-refractivity contribution in [2.75, 3.05) is 5.73 Å². The summed E-state index contributed by atoms with van der Waals surface area (Å²) in [4.78, 5) is 0. The summed E-state index contributed by atoms with van der Waals surface area (Å²) in [7, 11) is 0. The molecular formula is C13H17NO. The summed E-state index contributed by atoms with van der Waals surface area (Å²) in [6.45, 7) is 0. The molecule has 0 atom stereocenters.